The summed E-state index contributed by atoms with van der Waals surface area (Å²) in [6, 6.07) is 12.4. The number of sulfonamides is 1. The Bertz CT molecular complexity index is 763. The number of hydrogen-bond donors (Lipinski definition) is 1. The highest BCUT2D eigenvalue weighted by Crippen LogP contribution is 2.27. The fraction of sp³-hybridized carbons (Fsp3) is 0.250. The van der Waals surface area contributed by atoms with E-state index in [0.29, 0.717) is 28.2 Å². The maximum absolute atomic E-state index is 12.4. The Kier molecular flexibility index (Phi) is 6.47. The van der Waals surface area contributed by atoms with E-state index in [1.54, 1.807) is 12.1 Å². The lowest BCUT2D eigenvalue weighted by molar-refractivity contribution is 0.402. The first kappa shape index (κ1) is 18.3. The van der Waals surface area contributed by atoms with Gasteiger partial charge in [0.1, 0.15) is 10.6 Å². The average Bonchev–Trinajstić information content (AvgIpc) is 2.53. The molecule has 0 atom stereocenters. The molecule has 0 amide bonds. The summed E-state index contributed by atoms with van der Waals surface area (Å²) in [5.41, 5.74) is 1.12. The summed E-state index contributed by atoms with van der Waals surface area (Å²) in [7, 11) is -2.17. The van der Waals surface area contributed by atoms with Gasteiger partial charge in [0.2, 0.25) is 10.0 Å². The van der Waals surface area contributed by atoms with Crippen molar-refractivity contribution in [1.82, 2.24) is 4.72 Å². The van der Waals surface area contributed by atoms with Gasteiger partial charge in [-0.3, -0.25) is 0 Å². The molecule has 124 valence electrons. The van der Waals surface area contributed by atoms with Crippen LogP contribution in [-0.4, -0.2) is 22.1 Å². The zero-order valence-electron chi connectivity index (χ0n) is 12.6. The van der Waals surface area contributed by atoms with E-state index in [2.05, 4.69) is 20.7 Å². The highest BCUT2D eigenvalue weighted by Gasteiger charge is 2.19. The first-order valence-electron chi connectivity index (χ1n) is 7.00. The Morgan fingerprint density at radius 3 is 2.52 bits per heavy atom. The van der Waals surface area contributed by atoms with Gasteiger partial charge in [0.05, 0.1) is 7.11 Å². The van der Waals surface area contributed by atoms with Gasteiger partial charge in [-0.2, -0.15) is 0 Å². The van der Waals surface area contributed by atoms with E-state index in [-0.39, 0.29) is 4.90 Å². The predicted molar refractivity (Wildman–Crippen MR) is 95.7 cm³/mol. The van der Waals surface area contributed by atoms with Crippen LogP contribution in [0.4, 0.5) is 0 Å². The minimum absolute atomic E-state index is 0.126. The number of halogens is 2. The number of hydrogen-bond acceptors (Lipinski definition) is 3. The zero-order valence-corrected chi connectivity index (χ0v) is 15.7. The molecule has 0 bridgehead atoms. The molecular weight excluding hydrogens is 402 g/mol. The van der Waals surface area contributed by atoms with Crippen LogP contribution in [0.2, 0.25) is 5.02 Å². The van der Waals surface area contributed by atoms with Crippen LogP contribution in [-0.2, 0) is 16.4 Å². The second kappa shape index (κ2) is 8.15. The SMILES string of the molecule is COc1ccc(Br)cc1S(=O)(=O)NCCCc1ccc(Cl)cc1. The van der Waals surface area contributed by atoms with Gasteiger partial charge >= 0.3 is 0 Å². The maximum Gasteiger partial charge on any atom is 0.244 e. The summed E-state index contributed by atoms with van der Waals surface area (Å²) in [4.78, 5) is 0.126. The Labute approximate surface area is 150 Å². The molecule has 2 aromatic rings. The number of rotatable bonds is 7. The Morgan fingerprint density at radius 1 is 1.17 bits per heavy atom. The van der Waals surface area contributed by atoms with Crippen molar-refractivity contribution in [3.05, 3.63) is 57.5 Å². The van der Waals surface area contributed by atoms with Gasteiger partial charge in [-0.15, -0.1) is 0 Å². The third-order valence-electron chi connectivity index (χ3n) is 3.26. The van der Waals surface area contributed by atoms with E-state index < -0.39 is 10.0 Å². The highest BCUT2D eigenvalue weighted by molar-refractivity contribution is 9.10. The van der Waals surface area contributed by atoms with Gasteiger partial charge in [0.25, 0.3) is 0 Å². The molecule has 0 aliphatic carbocycles. The first-order chi connectivity index (χ1) is 10.9. The van der Waals surface area contributed by atoms with E-state index in [0.717, 1.165) is 12.0 Å². The minimum Gasteiger partial charge on any atom is -0.495 e. The van der Waals surface area contributed by atoms with Gasteiger partial charge in [-0.05, 0) is 48.7 Å². The van der Waals surface area contributed by atoms with Crippen molar-refractivity contribution in [2.24, 2.45) is 0 Å². The largest absolute Gasteiger partial charge is 0.495 e. The van der Waals surface area contributed by atoms with Crippen LogP contribution < -0.4 is 9.46 Å². The molecular formula is C16H17BrClNO3S. The van der Waals surface area contributed by atoms with Crippen LogP contribution >= 0.6 is 27.5 Å². The third-order valence-corrected chi connectivity index (χ3v) is 5.49. The lowest BCUT2D eigenvalue weighted by atomic mass is 10.1. The van der Waals surface area contributed by atoms with Crippen LogP contribution in [0.15, 0.2) is 51.8 Å². The molecule has 0 aliphatic heterocycles. The van der Waals surface area contributed by atoms with Gasteiger partial charge in [0, 0.05) is 16.0 Å². The van der Waals surface area contributed by atoms with E-state index in [1.807, 2.05) is 24.3 Å². The van der Waals surface area contributed by atoms with E-state index in [4.69, 9.17) is 16.3 Å². The van der Waals surface area contributed by atoms with Crippen LogP contribution in [0.25, 0.3) is 0 Å². The quantitative estimate of drug-likeness (QED) is 0.691. The first-order valence-corrected chi connectivity index (χ1v) is 9.65. The fourth-order valence-corrected chi connectivity index (χ4v) is 3.99. The van der Waals surface area contributed by atoms with E-state index in [9.17, 15) is 8.42 Å². The molecule has 0 heterocycles. The average molecular weight is 419 g/mol. The van der Waals surface area contributed by atoms with Crippen molar-refractivity contribution < 1.29 is 13.2 Å². The van der Waals surface area contributed by atoms with Gasteiger partial charge < -0.3 is 4.74 Å². The standard InChI is InChI=1S/C16H17BrClNO3S/c1-22-15-9-6-13(17)11-16(15)23(20,21)19-10-2-3-12-4-7-14(18)8-5-12/h4-9,11,19H,2-3,10H2,1H3. The lowest BCUT2D eigenvalue weighted by Gasteiger charge is -2.11. The Balaban J connectivity index is 1.96. The summed E-state index contributed by atoms with van der Waals surface area (Å²) < 4.78 is 33.2. The molecule has 0 unspecified atom stereocenters. The van der Waals surface area contributed by atoms with Crippen molar-refractivity contribution in [3.63, 3.8) is 0 Å². The summed E-state index contributed by atoms with van der Waals surface area (Å²) in [5.74, 6) is 0.318. The number of nitrogens with one attached hydrogen (secondary N) is 1. The third kappa shape index (κ3) is 5.21. The topological polar surface area (TPSA) is 55.4 Å². The maximum atomic E-state index is 12.4. The molecule has 0 fully saturated rings. The number of ether oxygens (including phenoxy) is 1. The molecule has 2 aromatic carbocycles. The van der Waals surface area contributed by atoms with Crippen LogP contribution in [0.5, 0.6) is 5.75 Å². The second-order valence-corrected chi connectivity index (χ2v) is 8.01. The van der Waals surface area contributed by atoms with Gasteiger partial charge in [0.15, 0.2) is 0 Å². The molecule has 0 saturated carbocycles. The summed E-state index contributed by atoms with van der Waals surface area (Å²) in [6.45, 7) is 0.348. The Morgan fingerprint density at radius 2 is 1.87 bits per heavy atom. The number of methoxy groups -OCH3 is 1. The fourth-order valence-electron chi connectivity index (χ4n) is 2.09. The summed E-state index contributed by atoms with van der Waals surface area (Å²) >= 11 is 9.11. The van der Waals surface area contributed by atoms with Gasteiger partial charge in [-0.1, -0.05) is 39.7 Å². The smallest absolute Gasteiger partial charge is 0.244 e. The predicted octanol–water partition coefficient (Wildman–Crippen LogP) is 4.02. The summed E-state index contributed by atoms with van der Waals surface area (Å²) in [6.07, 6.45) is 1.46. The van der Waals surface area contributed by atoms with Crippen LogP contribution in [0.1, 0.15) is 12.0 Å². The number of aryl methyl sites for hydroxylation is 1. The minimum atomic E-state index is -3.61. The molecule has 0 aromatic heterocycles. The number of benzene rings is 2. The zero-order chi connectivity index (χ0) is 16.9. The van der Waals surface area contributed by atoms with Crippen molar-refractivity contribution in [3.8, 4) is 5.75 Å². The molecule has 0 spiro atoms. The van der Waals surface area contributed by atoms with E-state index >= 15 is 0 Å². The summed E-state index contributed by atoms with van der Waals surface area (Å²) in [5, 5.41) is 0.691. The molecule has 0 radical (unpaired) electrons. The van der Waals surface area contributed by atoms with Crippen molar-refractivity contribution in [1.29, 1.82) is 0 Å². The molecule has 23 heavy (non-hydrogen) atoms. The van der Waals surface area contributed by atoms with E-state index in [1.165, 1.54) is 13.2 Å². The van der Waals surface area contributed by atoms with Gasteiger partial charge in [-0.25, -0.2) is 13.1 Å². The van der Waals surface area contributed by atoms with Crippen molar-refractivity contribution in [2.75, 3.05) is 13.7 Å². The Hall–Kier alpha value is -1.08. The van der Waals surface area contributed by atoms with Crippen LogP contribution in [0.3, 0.4) is 0 Å². The molecule has 2 rings (SSSR count). The normalized spacial score (nSPS) is 11.4. The second-order valence-electron chi connectivity index (χ2n) is 4.92. The monoisotopic (exact) mass is 417 g/mol. The van der Waals surface area contributed by atoms with Crippen LogP contribution in [0, 0.1) is 0 Å². The highest BCUT2D eigenvalue weighted by atomic mass is 79.9. The van der Waals surface area contributed by atoms with Crippen molar-refractivity contribution >= 4 is 37.6 Å². The lowest BCUT2D eigenvalue weighted by Crippen LogP contribution is -2.25. The molecule has 0 aliphatic rings. The molecule has 0 saturated heterocycles. The molecule has 4 nitrogen and oxygen atoms in total. The van der Waals surface area contributed by atoms with Crippen molar-refractivity contribution in [2.45, 2.75) is 17.7 Å². The molecule has 1 N–H and O–H groups in total. The molecule has 7 heteroatoms.